The molecule has 0 aliphatic carbocycles. The number of likely N-dealkylation sites (tertiary alicyclic amines) is 1. The molecule has 3 rings (SSSR count). The van der Waals surface area contributed by atoms with Crippen LogP contribution in [-0.2, 0) is 16.0 Å². The Hall–Kier alpha value is -2.50. The predicted molar refractivity (Wildman–Crippen MR) is 104 cm³/mol. The molecule has 0 aromatic heterocycles. The lowest BCUT2D eigenvalue weighted by molar-refractivity contribution is -0.130. The minimum absolute atomic E-state index is 0.111. The number of nitrogens with zero attached hydrogens (tertiary/aromatic N) is 1. The quantitative estimate of drug-likeness (QED) is 0.747. The topological polar surface area (TPSA) is 67.9 Å². The zero-order valence-corrected chi connectivity index (χ0v) is 16.1. The smallest absolute Gasteiger partial charge is 0.244 e. The summed E-state index contributed by atoms with van der Waals surface area (Å²) < 4.78 is 11.5. The van der Waals surface area contributed by atoms with Crippen molar-refractivity contribution in [1.82, 2.24) is 10.2 Å². The molecule has 2 aliphatic rings. The van der Waals surface area contributed by atoms with E-state index in [9.17, 15) is 9.59 Å². The molecule has 146 valence electrons. The van der Waals surface area contributed by atoms with Crippen molar-refractivity contribution in [2.45, 2.75) is 45.6 Å². The number of ether oxygens (including phenoxy) is 2. The lowest BCUT2D eigenvalue weighted by atomic mass is 10.1. The number of hydrogen-bond acceptors (Lipinski definition) is 4. The first-order valence-electron chi connectivity index (χ1n) is 9.77. The van der Waals surface area contributed by atoms with Gasteiger partial charge in [0.1, 0.15) is 17.6 Å². The third-order valence-corrected chi connectivity index (χ3v) is 4.84. The number of carbonyl (C=O) groups excluding carboxylic acids is 2. The van der Waals surface area contributed by atoms with Crippen molar-refractivity contribution in [3.05, 3.63) is 29.3 Å². The summed E-state index contributed by atoms with van der Waals surface area (Å²) >= 11 is 0. The van der Waals surface area contributed by atoms with E-state index in [1.54, 1.807) is 6.08 Å². The average Bonchev–Trinajstić information content (AvgIpc) is 3.28. The summed E-state index contributed by atoms with van der Waals surface area (Å²) in [6.07, 6.45) is 6.72. The van der Waals surface area contributed by atoms with E-state index in [1.807, 2.05) is 30.9 Å². The van der Waals surface area contributed by atoms with Gasteiger partial charge in [0.05, 0.1) is 6.61 Å². The summed E-state index contributed by atoms with van der Waals surface area (Å²) in [5.41, 5.74) is 1.95. The Morgan fingerprint density at radius 1 is 1.33 bits per heavy atom. The number of carbonyl (C=O) groups is 2. The summed E-state index contributed by atoms with van der Waals surface area (Å²) in [5, 5.41) is 2.77. The van der Waals surface area contributed by atoms with Crippen molar-refractivity contribution in [2.24, 2.45) is 0 Å². The van der Waals surface area contributed by atoms with Crippen molar-refractivity contribution < 1.29 is 19.1 Å². The van der Waals surface area contributed by atoms with Crippen molar-refractivity contribution in [3.8, 4) is 11.5 Å². The van der Waals surface area contributed by atoms with Gasteiger partial charge in [-0.05, 0) is 44.9 Å². The molecule has 1 saturated heterocycles. The van der Waals surface area contributed by atoms with Crippen LogP contribution in [0.3, 0.4) is 0 Å². The third-order valence-electron chi connectivity index (χ3n) is 4.84. The third kappa shape index (κ3) is 5.02. The van der Waals surface area contributed by atoms with Gasteiger partial charge < -0.3 is 19.7 Å². The van der Waals surface area contributed by atoms with Crippen LogP contribution in [0.5, 0.6) is 11.5 Å². The van der Waals surface area contributed by atoms with E-state index >= 15 is 0 Å². The molecule has 1 N–H and O–H groups in total. The van der Waals surface area contributed by atoms with Crippen LogP contribution in [-0.4, -0.2) is 49.1 Å². The molecule has 0 radical (unpaired) electrons. The van der Waals surface area contributed by atoms with Crippen LogP contribution in [0.4, 0.5) is 0 Å². The van der Waals surface area contributed by atoms with E-state index in [-0.39, 0.29) is 17.9 Å². The van der Waals surface area contributed by atoms with Gasteiger partial charge in [-0.3, -0.25) is 9.59 Å². The number of amides is 2. The molecule has 2 amide bonds. The highest BCUT2D eigenvalue weighted by Gasteiger charge is 2.21. The van der Waals surface area contributed by atoms with E-state index < -0.39 is 0 Å². The second kappa shape index (κ2) is 8.93. The van der Waals surface area contributed by atoms with E-state index in [2.05, 4.69) is 5.32 Å². The van der Waals surface area contributed by atoms with Gasteiger partial charge >= 0.3 is 0 Å². The Morgan fingerprint density at radius 3 is 2.85 bits per heavy atom. The number of benzene rings is 1. The molecule has 2 aliphatic heterocycles. The van der Waals surface area contributed by atoms with Crippen LogP contribution in [0.15, 0.2) is 18.2 Å². The first-order chi connectivity index (χ1) is 13.1. The van der Waals surface area contributed by atoms with Crippen LogP contribution >= 0.6 is 0 Å². The lowest BCUT2D eigenvalue weighted by Gasteiger charge is -2.14. The van der Waals surface area contributed by atoms with Crippen molar-refractivity contribution in [2.75, 3.05) is 26.2 Å². The lowest BCUT2D eigenvalue weighted by Crippen LogP contribution is -2.32. The first kappa shape index (κ1) is 19.3. The fourth-order valence-electron chi connectivity index (χ4n) is 3.51. The molecule has 1 unspecified atom stereocenters. The number of nitrogens with one attached hydrogen (secondary N) is 1. The molecule has 1 aromatic rings. The van der Waals surface area contributed by atoms with Gasteiger partial charge in [0.2, 0.25) is 11.8 Å². The van der Waals surface area contributed by atoms with Gasteiger partial charge in [-0.2, -0.15) is 0 Å². The summed E-state index contributed by atoms with van der Waals surface area (Å²) in [6.45, 7) is 6.55. The Labute approximate surface area is 160 Å². The van der Waals surface area contributed by atoms with Crippen molar-refractivity contribution in [3.63, 3.8) is 0 Å². The molecule has 27 heavy (non-hydrogen) atoms. The second-order valence-electron chi connectivity index (χ2n) is 7.03. The highest BCUT2D eigenvalue weighted by molar-refractivity contribution is 5.92. The van der Waals surface area contributed by atoms with Crippen LogP contribution in [0.2, 0.25) is 0 Å². The Kier molecular flexibility index (Phi) is 6.37. The molecule has 1 atom stereocenters. The second-order valence-corrected chi connectivity index (χ2v) is 7.03. The number of rotatable bonds is 7. The summed E-state index contributed by atoms with van der Waals surface area (Å²) in [4.78, 5) is 25.9. The minimum Gasteiger partial charge on any atom is -0.493 e. The molecular weight excluding hydrogens is 344 g/mol. The molecule has 1 fully saturated rings. The average molecular weight is 372 g/mol. The zero-order valence-electron chi connectivity index (χ0n) is 16.1. The van der Waals surface area contributed by atoms with E-state index in [4.69, 9.17) is 9.47 Å². The van der Waals surface area contributed by atoms with Crippen LogP contribution in [0, 0.1) is 0 Å². The normalized spacial score (nSPS) is 18.4. The van der Waals surface area contributed by atoms with Gasteiger partial charge in [0.15, 0.2) is 0 Å². The van der Waals surface area contributed by atoms with Crippen molar-refractivity contribution in [1.29, 1.82) is 0 Å². The highest BCUT2D eigenvalue weighted by Crippen LogP contribution is 2.35. The molecule has 0 spiro atoms. The summed E-state index contributed by atoms with van der Waals surface area (Å²) in [5.74, 6) is 1.49. The Balaban J connectivity index is 1.55. The van der Waals surface area contributed by atoms with Gasteiger partial charge in [-0.15, -0.1) is 0 Å². The maximum absolute atomic E-state index is 12.1. The van der Waals surface area contributed by atoms with Crippen LogP contribution in [0.25, 0.3) is 6.08 Å². The molecule has 0 bridgehead atoms. The predicted octanol–water partition coefficient (Wildman–Crippen LogP) is 2.55. The maximum Gasteiger partial charge on any atom is 0.244 e. The largest absolute Gasteiger partial charge is 0.493 e. The van der Waals surface area contributed by atoms with E-state index in [0.29, 0.717) is 19.6 Å². The fourth-order valence-corrected chi connectivity index (χ4v) is 3.51. The zero-order chi connectivity index (χ0) is 19.2. The van der Waals surface area contributed by atoms with Crippen molar-refractivity contribution >= 4 is 17.9 Å². The minimum atomic E-state index is -0.221. The number of fused-ring (bicyclic) bond motifs is 1. The van der Waals surface area contributed by atoms with Crippen LogP contribution < -0.4 is 14.8 Å². The Morgan fingerprint density at radius 2 is 2.11 bits per heavy atom. The molecular formula is C21H28N2O4. The van der Waals surface area contributed by atoms with Gasteiger partial charge in [0, 0.05) is 49.7 Å². The SMILES string of the molecule is CCOc1cc2c(cc1C=CC(=O)NCCC(=O)N1CCCC1)OC(C)C2. The maximum atomic E-state index is 12.1. The van der Waals surface area contributed by atoms with E-state index in [1.165, 1.54) is 6.08 Å². The van der Waals surface area contributed by atoms with Gasteiger partial charge in [-0.25, -0.2) is 0 Å². The fraction of sp³-hybridized carbons (Fsp3) is 0.524. The summed E-state index contributed by atoms with van der Waals surface area (Å²) in [6, 6.07) is 3.92. The highest BCUT2D eigenvalue weighted by atomic mass is 16.5. The molecule has 6 nitrogen and oxygen atoms in total. The van der Waals surface area contributed by atoms with Crippen LogP contribution in [0.1, 0.15) is 44.2 Å². The van der Waals surface area contributed by atoms with Gasteiger partial charge in [-0.1, -0.05) is 0 Å². The monoisotopic (exact) mass is 372 g/mol. The number of hydrogen-bond donors (Lipinski definition) is 1. The first-order valence-corrected chi connectivity index (χ1v) is 9.77. The molecule has 0 saturated carbocycles. The standard InChI is InChI=1S/C21H28N2O4/c1-3-26-18-14-17-12-15(2)27-19(17)13-16(18)6-7-20(24)22-9-8-21(25)23-10-4-5-11-23/h6-7,13-15H,3-5,8-12H2,1-2H3,(H,22,24). The molecule has 1 aromatic carbocycles. The molecule has 6 heteroatoms. The molecule has 2 heterocycles. The van der Waals surface area contributed by atoms with E-state index in [0.717, 1.165) is 55.0 Å². The summed E-state index contributed by atoms with van der Waals surface area (Å²) in [7, 11) is 0. The van der Waals surface area contributed by atoms with Gasteiger partial charge in [0.25, 0.3) is 0 Å². The Bertz CT molecular complexity index is 723.